The zero-order valence-corrected chi connectivity index (χ0v) is 17.1. The lowest BCUT2D eigenvalue weighted by Gasteiger charge is -2.43. The molecular weight excluding hydrogens is 352 g/mol. The summed E-state index contributed by atoms with van der Waals surface area (Å²) in [4.78, 5) is 0. The Morgan fingerprint density at radius 2 is 1.22 bits per heavy atom. The molecule has 3 fully saturated rings. The molecule has 0 aromatic carbocycles. The fraction of sp³-hybridized carbons (Fsp3) is 1.00. The summed E-state index contributed by atoms with van der Waals surface area (Å²) in [7, 11) is 0. The van der Waals surface area contributed by atoms with Crippen molar-refractivity contribution in [3.63, 3.8) is 0 Å². The van der Waals surface area contributed by atoms with Crippen molar-refractivity contribution in [3.05, 3.63) is 0 Å². The largest absolute Gasteiger partial charge is 0.245 e. The number of halogens is 4. The third kappa shape index (κ3) is 5.63. The highest BCUT2D eigenvalue weighted by Crippen LogP contribution is 2.47. The van der Waals surface area contributed by atoms with E-state index in [-0.39, 0.29) is 18.3 Å². The Labute approximate surface area is 162 Å². The molecule has 0 spiro atoms. The van der Waals surface area contributed by atoms with E-state index in [0.717, 1.165) is 70.1 Å². The topological polar surface area (TPSA) is 0 Å². The summed E-state index contributed by atoms with van der Waals surface area (Å²) in [5.41, 5.74) is 0. The molecule has 0 saturated heterocycles. The molecule has 158 valence electrons. The minimum absolute atomic E-state index is 0.0212. The Kier molecular flexibility index (Phi) is 7.17. The molecule has 3 rings (SSSR count). The fourth-order valence-corrected chi connectivity index (χ4v) is 6.27. The van der Waals surface area contributed by atoms with Gasteiger partial charge in [0.05, 0.1) is 0 Å². The van der Waals surface area contributed by atoms with Crippen LogP contribution in [0.15, 0.2) is 0 Å². The maximum absolute atomic E-state index is 14.5. The smallest absolute Gasteiger partial charge is 0.244 e. The van der Waals surface area contributed by atoms with E-state index in [1.165, 1.54) is 12.8 Å². The van der Waals surface area contributed by atoms with Gasteiger partial charge in [-0.1, -0.05) is 19.8 Å². The van der Waals surface area contributed by atoms with Crippen molar-refractivity contribution < 1.29 is 17.6 Å². The van der Waals surface area contributed by atoms with Crippen molar-refractivity contribution in [3.8, 4) is 0 Å². The summed E-state index contributed by atoms with van der Waals surface area (Å²) < 4.78 is 54.7. The first kappa shape index (κ1) is 21.4. The van der Waals surface area contributed by atoms with Gasteiger partial charge in [-0.05, 0) is 100 Å². The van der Waals surface area contributed by atoms with Gasteiger partial charge in [0, 0.05) is 6.42 Å². The highest BCUT2D eigenvalue weighted by molar-refractivity contribution is 4.92. The predicted molar refractivity (Wildman–Crippen MR) is 102 cm³/mol. The van der Waals surface area contributed by atoms with Gasteiger partial charge in [-0.3, -0.25) is 0 Å². The third-order valence-corrected chi connectivity index (χ3v) is 8.18. The van der Waals surface area contributed by atoms with Crippen LogP contribution >= 0.6 is 0 Å². The molecule has 3 saturated carbocycles. The number of alkyl halides is 4. The van der Waals surface area contributed by atoms with Crippen molar-refractivity contribution in [2.75, 3.05) is 0 Å². The summed E-state index contributed by atoms with van der Waals surface area (Å²) >= 11 is 0. The minimum Gasteiger partial charge on any atom is -0.244 e. The van der Waals surface area contributed by atoms with Crippen molar-refractivity contribution in [2.24, 2.45) is 35.5 Å². The molecule has 3 aliphatic carbocycles. The van der Waals surface area contributed by atoms with Gasteiger partial charge >= 0.3 is 0 Å². The first-order valence-electron chi connectivity index (χ1n) is 11.4. The van der Waals surface area contributed by atoms with Crippen LogP contribution in [0.5, 0.6) is 0 Å². The van der Waals surface area contributed by atoms with E-state index in [4.69, 9.17) is 0 Å². The average Bonchev–Trinajstić information content (AvgIpc) is 2.65. The summed E-state index contributed by atoms with van der Waals surface area (Å²) in [6.45, 7) is 2.86. The molecule has 0 N–H and O–H groups in total. The Hall–Kier alpha value is -0.280. The van der Waals surface area contributed by atoms with Gasteiger partial charge in [-0.15, -0.1) is 0 Å². The van der Waals surface area contributed by atoms with Crippen LogP contribution in [0, 0.1) is 35.5 Å². The molecule has 0 aromatic heterocycles. The van der Waals surface area contributed by atoms with Gasteiger partial charge < -0.3 is 0 Å². The van der Waals surface area contributed by atoms with E-state index in [9.17, 15) is 17.6 Å². The quantitative estimate of drug-likeness (QED) is 0.421. The van der Waals surface area contributed by atoms with E-state index in [1.54, 1.807) is 0 Å². The van der Waals surface area contributed by atoms with E-state index in [0.29, 0.717) is 18.3 Å². The number of rotatable bonds is 5. The van der Waals surface area contributed by atoms with Gasteiger partial charge in [0.25, 0.3) is 0 Å². The van der Waals surface area contributed by atoms with Gasteiger partial charge in [0.2, 0.25) is 5.92 Å². The van der Waals surface area contributed by atoms with Crippen LogP contribution in [0.4, 0.5) is 17.6 Å². The zero-order valence-electron chi connectivity index (χ0n) is 17.1. The second-order valence-corrected chi connectivity index (χ2v) is 10.2. The fourth-order valence-electron chi connectivity index (χ4n) is 6.27. The molecule has 0 amide bonds. The highest BCUT2D eigenvalue weighted by atomic mass is 19.3. The molecule has 0 aromatic rings. The lowest BCUT2D eigenvalue weighted by molar-refractivity contribution is -0.0110. The molecule has 0 nitrogen and oxygen atoms in total. The SMILES string of the molecule is CC1CCC(C2CCC(C3CCC(CCC(C)(F)F)CC3)CC2)C(F)C1F. The Balaban J connectivity index is 1.40. The molecule has 4 heteroatoms. The number of hydrogen-bond acceptors (Lipinski definition) is 0. The first-order valence-corrected chi connectivity index (χ1v) is 11.4. The molecular formula is C23H38F4. The van der Waals surface area contributed by atoms with E-state index in [1.807, 2.05) is 6.92 Å². The van der Waals surface area contributed by atoms with Gasteiger partial charge in [-0.25, -0.2) is 17.6 Å². The lowest BCUT2D eigenvalue weighted by Crippen LogP contribution is -2.41. The van der Waals surface area contributed by atoms with Crippen LogP contribution in [0.2, 0.25) is 0 Å². The zero-order chi connectivity index (χ0) is 19.6. The van der Waals surface area contributed by atoms with Crippen LogP contribution in [0.3, 0.4) is 0 Å². The third-order valence-electron chi connectivity index (χ3n) is 8.18. The molecule has 0 aliphatic heterocycles. The van der Waals surface area contributed by atoms with E-state index in [2.05, 4.69) is 0 Å². The number of hydrogen-bond donors (Lipinski definition) is 0. The molecule has 0 heterocycles. The van der Waals surface area contributed by atoms with Crippen LogP contribution in [-0.4, -0.2) is 18.3 Å². The average molecular weight is 391 g/mol. The van der Waals surface area contributed by atoms with Crippen LogP contribution in [-0.2, 0) is 0 Å². The Morgan fingerprint density at radius 3 is 1.78 bits per heavy atom. The predicted octanol–water partition coefficient (Wildman–Crippen LogP) is 7.76. The summed E-state index contributed by atoms with van der Waals surface area (Å²) in [6, 6.07) is 0. The normalized spacial score (nSPS) is 44.2. The van der Waals surface area contributed by atoms with Crippen LogP contribution in [0.1, 0.15) is 90.9 Å². The maximum Gasteiger partial charge on any atom is 0.245 e. The second-order valence-electron chi connectivity index (χ2n) is 10.2. The Bertz CT molecular complexity index is 444. The van der Waals surface area contributed by atoms with Crippen molar-refractivity contribution in [2.45, 2.75) is 109 Å². The Morgan fingerprint density at radius 1 is 0.704 bits per heavy atom. The van der Waals surface area contributed by atoms with Crippen molar-refractivity contribution >= 4 is 0 Å². The van der Waals surface area contributed by atoms with Gasteiger partial charge in [-0.2, -0.15) is 0 Å². The van der Waals surface area contributed by atoms with Crippen LogP contribution < -0.4 is 0 Å². The van der Waals surface area contributed by atoms with Gasteiger partial charge in [0.15, 0.2) is 0 Å². The summed E-state index contributed by atoms with van der Waals surface area (Å²) in [5.74, 6) is -0.438. The van der Waals surface area contributed by atoms with Gasteiger partial charge in [0.1, 0.15) is 12.3 Å². The van der Waals surface area contributed by atoms with Crippen molar-refractivity contribution in [1.82, 2.24) is 0 Å². The van der Waals surface area contributed by atoms with E-state index < -0.39 is 18.3 Å². The molecule has 3 aliphatic rings. The van der Waals surface area contributed by atoms with Crippen molar-refractivity contribution in [1.29, 1.82) is 0 Å². The maximum atomic E-state index is 14.5. The first-order chi connectivity index (χ1) is 12.7. The standard InChI is InChI=1S/C23H38F4/c1-15-3-12-20(22(25)21(15)24)19-10-8-18(9-11-19)17-6-4-16(5-7-17)13-14-23(2,26)27/h15-22H,3-14H2,1-2H3. The summed E-state index contributed by atoms with van der Waals surface area (Å²) in [5, 5.41) is 0. The molecule has 0 radical (unpaired) electrons. The molecule has 27 heavy (non-hydrogen) atoms. The molecule has 4 unspecified atom stereocenters. The lowest BCUT2D eigenvalue weighted by atomic mass is 9.64. The van der Waals surface area contributed by atoms with Crippen LogP contribution in [0.25, 0.3) is 0 Å². The highest BCUT2D eigenvalue weighted by Gasteiger charge is 2.43. The molecule has 4 atom stereocenters. The van der Waals surface area contributed by atoms with E-state index >= 15 is 0 Å². The monoisotopic (exact) mass is 390 g/mol. The second kappa shape index (κ2) is 9.03. The summed E-state index contributed by atoms with van der Waals surface area (Å²) in [6.07, 6.45) is 8.78. The minimum atomic E-state index is -2.53. The molecule has 0 bridgehead atoms.